The van der Waals surface area contributed by atoms with Crippen LogP contribution in [0.3, 0.4) is 0 Å². The van der Waals surface area contributed by atoms with E-state index in [2.05, 4.69) is 17.3 Å². The van der Waals surface area contributed by atoms with E-state index in [1.165, 1.54) is 32.1 Å². The number of amides is 2. The van der Waals surface area contributed by atoms with E-state index in [-0.39, 0.29) is 11.8 Å². The zero-order valence-corrected chi connectivity index (χ0v) is 16.1. The Kier molecular flexibility index (Phi) is 6.30. The second kappa shape index (κ2) is 8.67. The Balaban J connectivity index is 1.45. The maximum Gasteiger partial charge on any atom is 0.251 e. The third-order valence-corrected chi connectivity index (χ3v) is 5.79. The Morgan fingerprint density at radius 3 is 2.73 bits per heavy atom. The molecule has 0 spiro atoms. The molecule has 26 heavy (non-hydrogen) atoms. The van der Waals surface area contributed by atoms with Crippen molar-refractivity contribution in [3.63, 3.8) is 0 Å². The topological polar surface area (TPSA) is 52.7 Å². The highest BCUT2D eigenvalue weighted by Crippen LogP contribution is 2.28. The van der Waals surface area contributed by atoms with Gasteiger partial charge in [-0.1, -0.05) is 19.3 Å². The van der Waals surface area contributed by atoms with E-state index >= 15 is 0 Å². The van der Waals surface area contributed by atoms with Gasteiger partial charge in [0, 0.05) is 37.3 Å². The number of rotatable bonds is 6. The van der Waals surface area contributed by atoms with Crippen LogP contribution < -0.4 is 10.2 Å². The average Bonchev–Trinajstić information content (AvgIpc) is 3.09. The minimum Gasteiger partial charge on any atom is -0.352 e. The molecule has 0 atom stereocenters. The van der Waals surface area contributed by atoms with Gasteiger partial charge in [-0.25, -0.2) is 0 Å². The average molecular weight is 357 g/mol. The number of hydrogen-bond donors (Lipinski definition) is 1. The molecule has 1 saturated carbocycles. The quantitative estimate of drug-likeness (QED) is 0.797. The maximum atomic E-state index is 12.4. The molecule has 1 aliphatic carbocycles. The number of nitrogens with one attached hydrogen (secondary N) is 1. The van der Waals surface area contributed by atoms with Gasteiger partial charge in [-0.15, -0.1) is 0 Å². The second-order valence-electron chi connectivity index (χ2n) is 7.65. The first-order valence-electron chi connectivity index (χ1n) is 9.95. The molecule has 0 radical (unpaired) electrons. The summed E-state index contributed by atoms with van der Waals surface area (Å²) in [7, 11) is 2.21. The van der Waals surface area contributed by atoms with E-state index in [4.69, 9.17) is 0 Å². The third kappa shape index (κ3) is 4.44. The van der Waals surface area contributed by atoms with Crippen LogP contribution in [-0.2, 0) is 11.2 Å². The van der Waals surface area contributed by atoms with Gasteiger partial charge >= 0.3 is 0 Å². The Labute approximate surface area is 156 Å². The number of anilines is 1. The molecular weight excluding hydrogens is 326 g/mol. The molecule has 2 aliphatic rings. The van der Waals surface area contributed by atoms with Gasteiger partial charge in [-0.05, 0) is 63.0 Å². The number of fused-ring (bicyclic) bond motifs is 1. The monoisotopic (exact) mass is 357 g/mol. The van der Waals surface area contributed by atoms with Crippen molar-refractivity contribution in [3.8, 4) is 0 Å². The minimum absolute atomic E-state index is 0.0191. The zero-order valence-electron chi connectivity index (χ0n) is 16.1. The highest BCUT2D eigenvalue weighted by Gasteiger charge is 2.23. The number of nitrogens with zero attached hydrogens (tertiary/aromatic N) is 2. The van der Waals surface area contributed by atoms with Crippen molar-refractivity contribution in [2.45, 2.75) is 57.9 Å². The van der Waals surface area contributed by atoms with Crippen molar-refractivity contribution in [1.29, 1.82) is 0 Å². The van der Waals surface area contributed by atoms with Gasteiger partial charge in [-0.3, -0.25) is 9.59 Å². The standard InChI is InChI=1S/C21H31N3O2/c1-16(25)24-14-11-17-15-18(9-10-20(17)24)21(26)22-12-6-13-23(2)19-7-4-3-5-8-19/h9-10,15,19H,3-8,11-14H2,1-2H3,(H,22,26). The van der Waals surface area contributed by atoms with E-state index in [1.54, 1.807) is 11.8 Å². The fourth-order valence-electron chi connectivity index (χ4n) is 4.21. The molecule has 1 heterocycles. The zero-order chi connectivity index (χ0) is 18.5. The van der Waals surface area contributed by atoms with E-state index in [0.717, 1.165) is 36.7 Å². The molecule has 1 aromatic carbocycles. The second-order valence-corrected chi connectivity index (χ2v) is 7.65. The van der Waals surface area contributed by atoms with Crippen molar-refractivity contribution >= 4 is 17.5 Å². The molecule has 5 heteroatoms. The van der Waals surface area contributed by atoms with Gasteiger partial charge in [0.2, 0.25) is 5.91 Å². The molecule has 5 nitrogen and oxygen atoms in total. The van der Waals surface area contributed by atoms with Crippen LogP contribution in [0.2, 0.25) is 0 Å². The molecule has 1 fully saturated rings. The summed E-state index contributed by atoms with van der Waals surface area (Å²) in [6.07, 6.45) is 8.51. The van der Waals surface area contributed by atoms with Crippen molar-refractivity contribution in [2.75, 3.05) is 31.6 Å². The highest BCUT2D eigenvalue weighted by molar-refractivity contribution is 5.97. The largest absolute Gasteiger partial charge is 0.352 e. The lowest BCUT2D eigenvalue weighted by atomic mass is 9.94. The summed E-state index contributed by atoms with van der Waals surface area (Å²) in [4.78, 5) is 28.2. The van der Waals surface area contributed by atoms with Crippen LogP contribution in [0.25, 0.3) is 0 Å². The minimum atomic E-state index is -0.0191. The Morgan fingerprint density at radius 1 is 1.23 bits per heavy atom. The molecule has 1 aromatic rings. The van der Waals surface area contributed by atoms with Gasteiger partial charge in [0.25, 0.3) is 5.91 Å². The summed E-state index contributed by atoms with van der Waals surface area (Å²) in [5.41, 5.74) is 2.72. The van der Waals surface area contributed by atoms with Gasteiger partial charge in [0.1, 0.15) is 0 Å². The number of carbonyl (C=O) groups is 2. The predicted octanol–water partition coefficient (Wildman–Crippen LogP) is 2.98. The molecule has 2 amide bonds. The molecule has 0 saturated heterocycles. The molecule has 142 valence electrons. The van der Waals surface area contributed by atoms with Crippen LogP contribution in [0.4, 0.5) is 5.69 Å². The lowest BCUT2D eigenvalue weighted by molar-refractivity contribution is -0.116. The normalized spacial score (nSPS) is 17.4. The van der Waals surface area contributed by atoms with Crippen LogP contribution in [0.15, 0.2) is 18.2 Å². The van der Waals surface area contributed by atoms with Crippen molar-refractivity contribution in [1.82, 2.24) is 10.2 Å². The van der Waals surface area contributed by atoms with Crippen LogP contribution in [0.1, 0.15) is 61.4 Å². The van der Waals surface area contributed by atoms with E-state index < -0.39 is 0 Å². The molecule has 0 aromatic heterocycles. The van der Waals surface area contributed by atoms with Crippen LogP contribution in [0, 0.1) is 0 Å². The Morgan fingerprint density at radius 2 is 2.00 bits per heavy atom. The fraction of sp³-hybridized carbons (Fsp3) is 0.619. The van der Waals surface area contributed by atoms with Gasteiger partial charge < -0.3 is 15.1 Å². The molecule has 1 aliphatic heterocycles. The predicted molar refractivity (Wildman–Crippen MR) is 105 cm³/mol. The molecule has 3 rings (SSSR count). The van der Waals surface area contributed by atoms with E-state index in [1.807, 2.05) is 18.2 Å². The molecule has 0 unspecified atom stereocenters. The molecule has 0 bridgehead atoms. The number of hydrogen-bond acceptors (Lipinski definition) is 3. The summed E-state index contributed by atoms with van der Waals surface area (Å²) >= 11 is 0. The Hall–Kier alpha value is -1.88. The fourth-order valence-corrected chi connectivity index (χ4v) is 4.21. The summed E-state index contributed by atoms with van der Waals surface area (Å²) < 4.78 is 0. The summed E-state index contributed by atoms with van der Waals surface area (Å²) in [5.74, 6) is 0.0393. The third-order valence-electron chi connectivity index (χ3n) is 5.79. The first-order valence-corrected chi connectivity index (χ1v) is 9.95. The molecule has 1 N–H and O–H groups in total. The summed E-state index contributed by atoms with van der Waals surface area (Å²) in [6.45, 7) is 4.03. The highest BCUT2D eigenvalue weighted by atomic mass is 16.2. The van der Waals surface area contributed by atoms with E-state index in [0.29, 0.717) is 18.7 Å². The van der Waals surface area contributed by atoms with Crippen LogP contribution >= 0.6 is 0 Å². The van der Waals surface area contributed by atoms with Crippen molar-refractivity contribution < 1.29 is 9.59 Å². The maximum absolute atomic E-state index is 12.4. The SMILES string of the molecule is CC(=O)N1CCc2cc(C(=O)NCCCN(C)C3CCCCC3)ccc21. The van der Waals surface area contributed by atoms with Gasteiger partial charge in [-0.2, -0.15) is 0 Å². The first-order chi connectivity index (χ1) is 12.6. The summed E-state index contributed by atoms with van der Waals surface area (Å²) in [6, 6.07) is 6.38. The number of benzene rings is 1. The first kappa shape index (κ1) is 18.9. The Bertz CT molecular complexity index is 653. The van der Waals surface area contributed by atoms with Crippen molar-refractivity contribution in [2.24, 2.45) is 0 Å². The lowest BCUT2D eigenvalue weighted by Gasteiger charge is -2.31. The number of carbonyl (C=O) groups excluding carboxylic acids is 2. The van der Waals surface area contributed by atoms with Gasteiger partial charge in [0.05, 0.1) is 0 Å². The van der Waals surface area contributed by atoms with Gasteiger partial charge in [0.15, 0.2) is 0 Å². The smallest absolute Gasteiger partial charge is 0.251 e. The van der Waals surface area contributed by atoms with Crippen molar-refractivity contribution in [3.05, 3.63) is 29.3 Å². The summed E-state index contributed by atoms with van der Waals surface area (Å²) in [5, 5.41) is 3.04. The molecular formula is C21H31N3O2. The van der Waals surface area contributed by atoms with Crippen LogP contribution in [-0.4, -0.2) is 49.4 Å². The lowest BCUT2D eigenvalue weighted by Crippen LogP contribution is -2.35. The van der Waals surface area contributed by atoms with E-state index in [9.17, 15) is 9.59 Å². The van der Waals surface area contributed by atoms with Crippen LogP contribution in [0.5, 0.6) is 0 Å².